The van der Waals surface area contributed by atoms with E-state index >= 15 is 0 Å². The van der Waals surface area contributed by atoms with Crippen LogP contribution in [0.25, 0.3) is 0 Å². The van der Waals surface area contributed by atoms with Gasteiger partial charge in [-0.3, -0.25) is 0 Å². The average Bonchev–Trinajstić information content (AvgIpc) is 2.12. The molecule has 0 aromatic carbocycles. The molecule has 52 valence electrons. The van der Waals surface area contributed by atoms with Gasteiger partial charge in [0.15, 0.2) is 6.10 Å². The van der Waals surface area contributed by atoms with E-state index in [1.165, 1.54) is 7.11 Å². The molecule has 1 fully saturated rings. The molecule has 2 atom stereocenters. The lowest BCUT2D eigenvalue weighted by Crippen LogP contribution is -2.28. The van der Waals surface area contributed by atoms with Crippen molar-refractivity contribution < 1.29 is 19.4 Å². The smallest absolute Gasteiger partial charge is 0.338 e. The second-order valence-corrected chi connectivity index (χ2v) is 1.85. The molecule has 0 bridgehead atoms. The first-order valence-electron chi connectivity index (χ1n) is 2.63. The fraction of sp³-hybridized carbons (Fsp3) is 0.800. The zero-order chi connectivity index (χ0) is 6.85. The Morgan fingerprint density at radius 3 is 2.78 bits per heavy atom. The zero-order valence-electron chi connectivity index (χ0n) is 5.03. The van der Waals surface area contributed by atoms with Crippen molar-refractivity contribution >= 4 is 5.97 Å². The standard InChI is InChI=1S/C5H8O4/c1-8-4-3(6)2-9-5(4)7/h3-4,6H,2H2,1H3/t3-,4-/m0/s1. The maximum absolute atomic E-state index is 10.5. The van der Waals surface area contributed by atoms with Gasteiger partial charge < -0.3 is 14.6 Å². The number of hydrogen-bond donors (Lipinski definition) is 1. The molecule has 1 aliphatic rings. The fourth-order valence-electron chi connectivity index (χ4n) is 0.747. The van der Waals surface area contributed by atoms with Gasteiger partial charge in [-0.05, 0) is 0 Å². The van der Waals surface area contributed by atoms with Crippen molar-refractivity contribution in [3.63, 3.8) is 0 Å². The van der Waals surface area contributed by atoms with Gasteiger partial charge in [0.05, 0.1) is 0 Å². The number of esters is 1. The Kier molecular flexibility index (Phi) is 1.68. The van der Waals surface area contributed by atoms with E-state index in [9.17, 15) is 4.79 Å². The highest BCUT2D eigenvalue weighted by Gasteiger charge is 2.35. The van der Waals surface area contributed by atoms with Crippen LogP contribution in [0, 0.1) is 0 Å². The molecule has 1 saturated heterocycles. The Morgan fingerprint density at radius 2 is 2.56 bits per heavy atom. The lowest BCUT2D eigenvalue weighted by atomic mass is 10.2. The summed E-state index contributed by atoms with van der Waals surface area (Å²) in [4.78, 5) is 10.5. The third-order valence-electron chi connectivity index (χ3n) is 1.23. The monoisotopic (exact) mass is 132 g/mol. The first-order chi connectivity index (χ1) is 4.25. The van der Waals surface area contributed by atoms with E-state index in [1.807, 2.05) is 0 Å². The van der Waals surface area contributed by atoms with Crippen LogP contribution in [0.5, 0.6) is 0 Å². The highest BCUT2D eigenvalue weighted by Crippen LogP contribution is 2.09. The van der Waals surface area contributed by atoms with Gasteiger partial charge in [-0.1, -0.05) is 0 Å². The minimum atomic E-state index is -0.789. The maximum Gasteiger partial charge on any atom is 0.338 e. The molecule has 1 heterocycles. The molecule has 0 saturated carbocycles. The third-order valence-corrected chi connectivity index (χ3v) is 1.23. The van der Waals surface area contributed by atoms with Crippen LogP contribution in [0.1, 0.15) is 0 Å². The van der Waals surface area contributed by atoms with Gasteiger partial charge in [0.2, 0.25) is 0 Å². The van der Waals surface area contributed by atoms with Crippen LogP contribution in [0.2, 0.25) is 0 Å². The van der Waals surface area contributed by atoms with Crippen molar-refractivity contribution in [3.8, 4) is 0 Å². The molecule has 0 amide bonds. The number of methoxy groups -OCH3 is 1. The van der Waals surface area contributed by atoms with Crippen molar-refractivity contribution in [3.05, 3.63) is 0 Å². The SMILES string of the molecule is CO[C@@H]1C(=O)OC[C@@H]1O. The number of carbonyl (C=O) groups excluding carboxylic acids is 1. The minimum absolute atomic E-state index is 0.0529. The Balaban J connectivity index is 2.55. The van der Waals surface area contributed by atoms with E-state index in [1.54, 1.807) is 0 Å². The minimum Gasteiger partial charge on any atom is -0.461 e. The van der Waals surface area contributed by atoms with E-state index in [0.717, 1.165) is 0 Å². The first-order valence-corrected chi connectivity index (χ1v) is 2.63. The molecule has 0 unspecified atom stereocenters. The maximum atomic E-state index is 10.5. The molecule has 1 aliphatic heterocycles. The molecule has 9 heavy (non-hydrogen) atoms. The van der Waals surface area contributed by atoms with E-state index in [0.29, 0.717) is 0 Å². The normalized spacial score (nSPS) is 34.7. The molecule has 0 aromatic rings. The predicted octanol–water partition coefficient (Wildman–Crippen LogP) is -1.08. The number of hydrogen-bond acceptors (Lipinski definition) is 4. The summed E-state index contributed by atoms with van der Waals surface area (Å²) in [5, 5.41) is 8.89. The highest BCUT2D eigenvalue weighted by molar-refractivity contribution is 5.77. The summed E-state index contributed by atoms with van der Waals surface area (Å²) in [6.07, 6.45) is -1.56. The summed E-state index contributed by atoms with van der Waals surface area (Å²) in [6, 6.07) is 0. The molecular formula is C5H8O4. The van der Waals surface area contributed by atoms with Gasteiger partial charge in [-0.25, -0.2) is 4.79 Å². The Hall–Kier alpha value is -0.610. The van der Waals surface area contributed by atoms with Crippen LogP contribution in [-0.2, 0) is 14.3 Å². The molecule has 1 rings (SSSR count). The fourth-order valence-corrected chi connectivity index (χ4v) is 0.747. The molecule has 0 radical (unpaired) electrons. The van der Waals surface area contributed by atoms with Crippen LogP contribution in [0.3, 0.4) is 0 Å². The van der Waals surface area contributed by atoms with Crippen molar-refractivity contribution in [2.24, 2.45) is 0 Å². The summed E-state index contributed by atoms with van der Waals surface area (Å²) < 4.78 is 9.07. The molecular weight excluding hydrogens is 124 g/mol. The van der Waals surface area contributed by atoms with Gasteiger partial charge in [0.25, 0.3) is 0 Å². The molecule has 4 heteroatoms. The van der Waals surface area contributed by atoms with Gasteiger partial charge in [0, 0.05) is 7.11 Å². The number of carbonyl (C=O) groups is 1. The number of ether oxygens (including phenoxy) is 2. The van der Waals surface area contributed by atoms with Crippen molar-refractivity contribution in [1.29, 1.82) is 0 Å². The van der Waals surface area contributed by atoms with E-state index in [-0.39, 0.29) is 6.61 Å². The van der Waals surface area contributed by atoms with Crippen LogP contribution >= 0.6 is 0 Å². The molecule has 1 N–H and O–H groups in total. The van der Waals surface area contributed by atoms with Crippen molar-refractivity contribution in [2.45, 2.75) is 12.2 Å². The molecule has 0 aliphatic carbocycles. The largest absolute Gasteiger partial charge is 0.461 e. The zero-order valence-corrected chi connectivity index (χ0v) is 5.03. The Morgan fingerprint density at radius 1 is 1.89 bits per heavy atom. The van der Waals surface area contributed by atoms with Gasteiger partial charge in [-0.15, -0.1) is 0 Å². The van der Waals surface area contributed by atoms with Crippen LogP contribution in [0.15, 0.2) is 0 Å². The predicted molar refractivity (Wildman–Crippen MR) is 27.8 cm³/mol. The summed E-state index contributed by atoms with van der Waals surface area (Å²) in [5.41, 5.74) is 0. The summed E-state index contributed by atoms with van der Waals surface area (Å²) in [7, 11) is 1.36. The summed E-state index contributed by atoms with van der Waals surface area (Å²) in [6.45, 7) is 0.0529. The Bertz CT molecular complexity index is 122. The number of rotatable bonds is 1. The third kappa shape index (κ3) is 1.04. The Labute approximate surface area is 52.4 Å². The number of aliphatic hydroxyl groups excluding tert-OH is 1. The van der Waals surface area contributed by atoms with E-state index in [4.69, 9.17) is 5.11 Å². The van der Waals surface area contributed by atoms with Crippen molar-refractivity contribution in [2.75, 3.05) is 13.7 Å². The summed E-state index contributed by atoms with van der Waals surface area (Å²) >= 11 is 0. The van der Waals surface area contributed by atoms with Crippen LogP contribution < -0.4 is 0 Å². The van der Waals surface area contributed by atoms with E-state index in [2.05, 4.69) is 9.47 Å². The lowest BCUT2D eigenvalue weighted by molar-refractivity contribution is -0.146. The van der Waals surface area contributed by atoms with Crippen LogP contribution in [0.4, 0.5) is 0 Å². The molecule has 0 aromatic heterocycles. The quantitative estimate of drug-likeness (QED) is 0.461. The second-order valence-electron chi connectivity index (χ2n) is 1.85. The number of aliphatic hydroxyl groups is 1. The lowest BCUT2D eigenvalue weighted by Gasteiger charge is -2.04. The van der Waals surface area contributed by atoms with Gasteiger partial charge in [0.1, 0.15) is 12.7 Å². The first kappa shape index (κ1) is 6.51. The number of cyclic esters (lactones) is 1. The second kappa shape index (κ2) is 2.33. The molecule has 0 spiro atoms. The van der Waals surface area contributed by atoms with Crippen LogP contribution in [-0.4, -0.2) is 37.0 Å². The van der Waals surface area contributed by atoms with Gasteiger partial charge in [-0.2, -0.15) is 0 Å². The summed E-state index contributed by atoms with van der Waals surface area (Å²) in [5.74, 6) is -0.481. The van der Waals surface area contributed by atoms with E-state index < -0.39 is 18.2 Å². The van der Waals surface area contributed by atoms with Crippen molar-refractivity contribution in [1.82, 2.24) is 0 Å². The van der Waals surface area contributed by atoms with Gasteiger partial charge >= 0.3 is 5.97 Å². The highest BCUT2D eigenvalue weighted by atomic mass is 16.6. The average molecular weight is 132 g/mol. The topological polar surface area (TPSA) is 55.8 Å². The molecule has 4 nitrogen and oxygen atoms in total.